The predicted octanol–water partition coefficient (Wildman–Crippen LogP) is 2.84. The Labute approximate surface area is 218 Å². The van der Waals surface area contributed by atoms with Crippen molar-refractivity contribution < 1.29 is 19.1 Å². The number of anilines is 1. The number of rotatable bonds is 5. The molecule has 2 aromatic rings. The van der Waals surface area contributed by atoms with E-state index in [1.165, 1.54) is 4.57 Å². The van der Waals surface area contributed by atoms with Crippen molar-refractivity contribution in [3.8, 4) is 0 Å². The molecule has 1 saturated heterocycles. The molecule has 0 saturated carbocycles. The smallest absolute Gasteiger partial charge is 0.336 e. The molecule has 3 heterocycles. The van der Waals surface area contributed by atoms with Crippen LogP contribution in [-0.4, -0.2) is 42.3 Å². The molecule has 35 heavy (non-hydrogen) atoms. The van der Waals surface area contributed by atoms with Gasteiger partial charge in [-0.15, -0.1) is 11.3 Å². The SMILES string of the molecule is [C-]#[N+]c1ccc2c(c1)N(CC)/C(=C/C=c1/s/c(=C3\SC(=S)N(CP(=O)(O)O)C3=O)n(CC)c1=O)S2. The second kappa shape index (κ2) is 10.1. The quantitative estimate of drug-likeness (QED) is 0.321. The van der Waals surface area contributed by atoms with Crippen LogP contribution in [0.5, 0.6) is 0 Å². The number of hydrogen-bond acceptors (Lipinski definition) is 8. The molecule has 2 aliphatic rings. The largest absolute Gasteiger partial charge is 0.345 e. The highest BCUT2D eigenvalue weighted by molar-refractivity contribution is 8.30. The van der Waals surface area contributed by atoms with E-state index in [4.69, 9.17) is 18.8 Å². The molecule has 9 nitrogen and oxygen atoms in total. The molecule has 1 aromatic heterocycles. The Hall–Kier alpha value is -2.17. The van der Waals surface area contributed by atoms with Crippen LogP contribution in [0.4, 0.5) is 11.4 Å². The van der Waals surface area contributed by atoms with Gasteiger partial charge in [0.05, 0.1) is 16.1 Å². The molecule has 14 heteroatoms. The normalized spacial score (nSPS) is 19.2. The van der Waals surface area contributed by atoms with Gasteiger partial charge < -0.3 is 14.7 Å². The van der Waals surface area contributed by atoms with Crippen molar-refractivity contribution >= 4 is 87.3 Å². The molecule has 1 aromatic carbocycles. The summed E-state index contributed by atoms with van der Waals surface area (Å²) in [5.41, 5.74) is 1.25. The Bertz CT molecular complexity index is 1550. The summed E-state index contributed by atoms with van der Waals surface area (Å²) in [5, 5.41) is 0.912. The molecular weight excluding hydrogens is 547 g/mol. The third kappa shape index (κ3) is 5.06. The van der Waals surface area contributed by atoms with Crippen molar-refractivity contribution in [3.63, 3.8) is 0 Å². The zero-order valence-corrected chi connectivity index (χ0v) is 22.7. The summed E-state index contributed by atoms with van der Waals surface area (Å²) in [4.78, 5) is 52.2. The zero-order chi connectivity index (χ0) is 25.5. The Balaban J connectivity index is 1.77. The zero-order valence-electron chi connectivity index (χ0n) is 18.5. The van der Waals surface area contributed by atoms with E-state index < -0.39 is 19.8 Å². The molecular formula is C21H19N4O5PS4. The molecule has 182 valence electrons. The first-order chi connectivity index (χ1) is 16.6. The first-order valence-electron chi connectivity index (χ1n) is 10.3. The summed E-state index contributed by atoms with van der Waals surface area (Å²) in [6.07, 6.45) is 2.77. The first kappa shape index (κ1) is 25.9. The van der Waals surface area contributed by atoms with E-state index in [2.05, 4.69) is 9.74 Å². The number of benzene rings is 1. The molecule has 0 aliphatic carbocycles. The van der Waals surface area contributed by atoms with Crippen molar-refractivity contribution in [2.75, 3.05) is 17.7 Å². The Morgan fingerprint density at radius 3 is 2.51 bits per heavy atom. The standard InChI is InChI=1S/C21H19N4O5PS4/c1-4-23-13-10-12(22-3)6-7-14(13)33-16(23)9-8-15-18(26)24(5-2)20(34-15)17-19(27)25(21(32)35-17)11-31(28,29)30/h6-10H,4-5,11H2,1-2H3,(H2,28,29,30)/b15-8+,16-9-,20-17-. The van der Waals surface area contributed by atoms with Gasteiger partial charge in [0.25, 0.3) is 11.5 Å². The molecule has 2 N–H and O–H groups in total. The molecule has 0 atom stereocenters. The fourth-order valence-corrected chi connectivity index (χ4v) is 8.04. The van der Waals surface area contributed by atoms with Crippen molar-refractivity contribution in [3.05, 3.63) is 60.3 Å². The fraction of sp³-hybridized carbons (Fsp3) is 0.238. The number of aromatic nitrogens is 1. The highest BCUT2D eigenvalue weighted by Gasteiger charge is 2.37. The number of carbonyl (C=O) groups is 1. The molecule has 2 aliphatic heterocycles. The van der Waals surface area contributed by atoms with Gasteiger partial charge in [0.15, 0.2) is 5.69 Å². The lowest BCUT2D eigenvalue weighted by molar-refractivity contribution is -0.120. The minimum absolute atomic E-state index is 0.0435. The summed E-state index contributed by atoms with van der Waals surface area (Å²) < 4.78 is 13.8. The van der Waals surface area contributed by atoms with E-state index in [0.717, 1.165) is 43.6 Å². The number of thioether (sulfide) groups is 2. The van der Waals surface area contributed by atoms with Gasteiger partial charge in [0.1, 0.15) is 20.2 Å². The maximum absolute atomic E-state index is 13.1. The van der Waals surface area contributed by atoms with Gasteiger partial charge in [0, 0.05) is 23.7 Å². The molecule has 0 spiro atoms. The lowest BCUT2D eigenvalue weighted by atomic mass is 10.2. The number of thiocarbonyl (C=S) groups is 1. The molecule has 1 fully saturated rings. The van der Waals surface area contributed by atoms with E-state index in [1.807, 2.05) is 25.1 Å². The van der Waals surface area contributed by atoms with E-state index in [1.54, 1.807) is 30.8 Å². The van der Waals surface area contributed by atoms with E-state index in [-0.39, 0.29) is 14.8 Å². The van der Waals surface area contributed by atoms with Crippen LogP contribution in [0.2, 0.25) is 0 Å². The fourth-order valence-electron chi connectivity index (χ4n) is 3.58. The van der Waals surface area contributed by atoms with Crippen molar-refractivity contribution in [1.82, 2.24) is 9.47 Å². The summed E-state index contributed by atoms with van der Waals surface area (Å²) in [7, 11) is -4.50. The number of hydrogen-bond donors (Lipinski definition) is 2. The van der Waals surface area contributed by atoms with Crippen LogP contribution in [0, 0.1) is 6.57 Å². The van der Waals surface area contributed by atoms with Gasteiger partial charge in [-0.3, -0.25) is 23.6 Å². The van der Waals surface area contributed by atoms with E-state index in [9.17, 15) is 23.9 Å². The minimum Gasteiger partial charge on any atom is -0.336 e. The summed E-state index contributed by atoms with van der Waals surface area (Å²) in [5.74, 6) is -0.619. The monoisotopic (exact) mass is 566 g/mol. The van der Waals surface area contributed by atoms with Crippen molar-refractivity contribution in [2.24, 2.45) is 0 Å². The lowest BCUT2D eigenvalue weighted by Gasteiger charge is -2.17. The Morgan fingerprint density at radius 2 is 1.89 bits per heavy atom. The molecule has 0 unspecified atom stereocenters. The Kier molecular flexibility index (Phi) is 7.45. The average molecular weight is 567 g/mol. The van der Waals surface area contributed by atoms with Crippen molar-refractivity contribution in [1.29, 1.82) is 0 Å². The average Bonchev–Trinajstić information content (AvgIpc) is 3.42. The third-order valence-electron chi connectivity index (χ3n) is 5.13. The number of amides is 1. The number of fused-ring (bicyclic) bond motifs is 1. The summed E-state index contributed by atoms with van der Waals surface area (Å²) >= 11 is 8.79. The van der Waals surface area contributed by atoms with Gasteiger partial charge >= 0.3 is 7.60 Å². The third-order valence-corrected chi connectivity index (χ3v) is 9.63. The van der Waals surface area contributed by atoms with Gasteiger partial charge in [-0.05, 0) is 32.1 Å². The second-order valence-electron chi connectivity index (χ2n) is 7.34. The number of carbonyl (C=O) groups excluding carboxylic acids is 1. The molecule has 1 amide bonds. The van der Waals surface area contributed by atoms with Crippen LogP contribution >= 0.6 is 54.7 Å². The summed E-state index contributed by atoms with van der Waals surface area (Å²) in [6.45, 7) is 12.1. The lowest BCUT2D eigenvalue weighted by Crippen LogP contribution is -2.33. The second-order valence-corrected chi connectivity index (χ2v) is 12.7. The number of nitrogens with zero attached hydrogens (tertiary/aromatic N) is 4. The van der Waals surface area contributed by atoms with Crippen LogP contribution in [0.3, 0.4) is 0 Å². The molecule has 0 bridgehead atoms. The topological polar surface area (TPSA) is 107 Å². The van der Waals surface area contributed by atoms with Gasteiger partial charge in [0.2, 0.25) is 0 Å². The minimum atomic E-state index is -4.50. The van der Waals surface area contributed by atoms with Crippen LogP contribution in [-0.2, 0) is 15.9 Å². The number of allylic oxidation sites excluding steroid dienone is 1. The van der Waals surface area contributed by atoms with Crippen molar-refractivity contribution in [2.45, 2.75) is 25.3 Å². The van der Waals surface area contributed by atoms with Gasteiger partial charge in [-0.1, -0.05) is 47.9 Å². The van der Waals surface area contributed by atoms with Gasteiger partial charge in [-0.25, -0.2) is 4.85 Å². The maximum Gasteiger partial charge on any atom is 0.345 e. The predicted molar refractivity (Wildman–Crippen MR) is 145 cm³/mol. The van der Waals surface area contributed by atoms with Gasteiger partial charge in [-0.2, -0.15) is 0 Å². The van der Waals surface area contributed by atoms with E-state index in [0.29, 0.717) is 28.0 Å². The molecule has 0 radical (unpaired) electrons. The van der Waals surface area contributed by atoms with Crippen LogP contribution in [0.25, 0.3) is 15.8 Å². The van der Waals surface area contributed by atoms with Crippen LogP contribution in [0.15, 0.2) is 39.0 Å². The number of thiazole rings is 1. The molecule has 4 rings (SSSR count). The van der Waals surface area contributed by atoms with E-state index >= 15 is 0 Å². The van der Waals surface area contributed by atoms with Crippen LogP contribution < -0.4 is 19.7 Å². The Morgan fingerprint density at radius 1 is 1.14 bits per heavy atom. The summed E-state index contributed by atoms with van der Waals surface area (Å²) in [6, 6.07) is 5.54. The maximum atomic E-state index is 13.1. The van der Waals surface area contributed by atoms with Crippen LogP contribution in [0.1, 0.15) is 13.8 Å². The highest BCUT2D eigenvalue weighted by Crippen LogP contribution is 2.47. The highest BCUT2D eigenvalue weighted by atomic mass is 32.2. The first-order valence-corrected chi connectivity index (χ1v) is 14.9.